The van der Waals surface area contributed by atoms with Crippen molar-refractivity contribution in [1.29, 1.82) is 0 Å². The van der Waals surface area contributed by atoms with Crippen LogP contribution in [0.4, 0.5) is 4.39 Å². The minimum absolute atomic E-state index is 0.363. The second-order valence-electron chi connectivity index (χ2n) is 4.16. The monoisotopic (exact) mass is 421 g/mol. The summed E-state index contributed by atoms with van der Waals surface area (Å²) in [6, 6.07) is 7.67. The number of rotatable bonds is 3. The molecule has 0 radical (unpaired) electrons. The zero-order valence-electron chi connectivity index (χ0n) is 10.5. The molecule has 0 fully saturated rings. The SMILES string of the molecule is COc1c(Br)cc(Cl)cc1C(N)c1ccc(Br)c(F)c1. The van der Waals surface area contributed by atoms with E-state index in [0.29, 0.717) is 30.8 Å². The number of hydrogen-bond acceptors (Lipinski definition) is 2. The zero-order chi connectivity index (χ0) is 14.9. The van der Waals surface area contributed by atoms with Crippen LogP contribution in [0.5, 0.6) is 5.75 Å². The Morgan fingerprint density at radius 2 is 1.90 bits per heavy atom. The molecule has 0 heterocycles. The number of halogens is 4. The first kappa shape index (κ1) is 15.8. The Bertz CT molecular complexity index is 651. The molecule has 106 valence electrons. The molecule has 0 amide bonds. The third-order valence-electron chi connectivity index (χ3n) is 2.88. The third-order valence-corrected chi connectivity index (χ3v) is 4.33. The quantitative estimate of drug-likeness (QED) is 0.749. The lowest BCUT2D eigenvalue weighted by Gasteiger charge is -2.18. The fraction of sp³-hybridized carbons (Fsp3) is 0.143. The number of nitrogens with two attached hydrogens (primary N) is 1. The average Bonchev–Trinajstić information content (AvgIpc) is 2.40. The minimum atomic E-state index is -0.539. The topological polar surface area (TPSA) is 35.2 Å². The Kier molecular flexibility index (Phi) is 5.07. The molecule has 1 atom stereocenters. The largest absolute Gasteiger partial charge is 0.495 e. The Morgan fingerprint density at radius 3 is 2.50 bits per heavy atom. The molecule has 0 spiro atoms. The molecular weight excluding hydrogens is 412 g/mol. The summed E-state index contributed by atoms with van der Waals surface area (Å²) in [4.78, 5) is 0. The van der Waals surface area contributed by atoms with E-state index in [1.165, 1.54) is 6.07 Å². The van der Waals surface area contributed by atoms with Crippen molar-refractivity contribution in [3.05, 3.63) is 61.2 Å². The molecule has 2 aromatic carbocycles. The normalized spacial score (nSPS) is 12.3. The van der Waals surface area contributed by atoms with E-state index in [9.17, 15) is 4.39 Å². The highest BCUT2D eigenvalue weighted by atomic mass is 79.9. The van der Waals surface area contributed by atoms with Gasteiger partial charge in [0, 0.05) is 10.6 Å². The van der Waals surface area contributed by atoms with Gasteiger partial charge in [-0.2, -0.15) is 0 Å². The minimum Gasteiger partial charge on any atom is -0.495 e. The van der Waals surface area contributed by atoms with Crippen molar-refractivity contribution in [1.82, 2.24) is 0 Å². The first-order valence-electron chi connectivity index (χ1n) is 5.67. The number of benzene rings is 2. The summed E-state index contributed by atoms with van der Waals surface area (Å²) < 4.78 is 20.1. The van der Waals surface area contributed by atoms with Gasteiger partial charge in [0.15, 0.2) is 0 Å². The van der Waals surface area contributed by atoms with Crippen molar-refractivity contribution in [2.24, 2.45) is 5.73 Å². The smallest absolute Gasteiger partial charge is 0.138 e. The van der Waals surface area contributed by atoms with Crippen LogP contribution >= 0.6 is 43.5 Å². The molecular formula is C14H11Br2ClFNO. The summed E-state index contributed by atoms with van der Waals surface area (Å²) in [5.74, 6) is 0.225. The Labute approximate surface area is 138 Å². The number of methoxy groups -OCH3 is 1. The fourth-order valence-corrected chi connectivity index (χ4v) is 3.15. The molecule has 2 rings (SSSR count). The van der Waals surface area contributed by atoms with Gasteiger partial charge in [0.05, 0.1) is 22.1 Å². The maximum Gasteiger partial charge on any atom is 0.138 e. The average molecular weight is 424 g/mol. The van der Waals surface area contributed by atoms with Crippen LogP contribution in [0, 0.1) is 5.82 Å². The highest BCUT2D eigenvalue weighted by Crippen LogP contribution is 2.37. The highest BCUT2D eigenvalue weighted by molar-refractivity contribution is 9.10. The summed E-state index contributed by atoms with van der Waals surface area (Å²) in [7, 11) is 1.55. The standard InChI is InChI=1S/C14H11Br2ClFNO/c1-20-14-9(5-8(17)6-11(14)16)13(19)7-2-3-10(15)12(18)4-7/h2-6,13H,19H2,1H3. The highest BCUT2D eigenvalue weighted by Gasteiger charge is 2.18. The summed E-state index contributed by atoms with van der Waals surface area (Å²) in [5.41, 5.74) is 7.53. The van der Waals surface area contributed by atoms with Crippen molar-refractivity contribution in [2.75, 3.05) is 7.11 Å². The van der Waals surface area contributed by atoms with E-state index in [2.05, 4.69) is 31.9 Å². The molecule has 6 heteroatoms. The molecule has 2 nitrogen and oxygen atoms in total. The molecule has 2 aromatic rings. The summed E-state index contributed by atoms with van der Waals surface area (Å²) >= 11 is 12.5. The van der Waals surface area contributed by atoms with Crippen LogP contribution in [0.15, 0.2) is 39.3 Å². The molecule has 0 aliphatic carbocycles. The van der Waals surface area contributed by atoms with Crippen molar-refractivity contribution in [3.8, 4) is 5.75 Å². The van der Waals surface area contributed by atoms with Gasteiger partial charge in [0.2, 0.25) is 0 Å². The summed E-state index contributed by atoms with van der Waals surface area (Å²) in [6.45, 7) is 0. The molecule has 2 N–H and O–H groups in total. The predicted molar refractivity (Wildman–Crippen MR) is 85.8 cm³/mol. The molecule has 1 unspecified atom stereocenters. The van der Waals surface area contributed by atoms with Gasteiger partial charge in [-0.1, -0.05) is 17.7 Å². The third kappa shape index (κ3) is 3.17. The predicted octanol–water partition coefficient (Wildman–Crippen LogP) is 5.06. The van der Waals surface area contributed by atoms with Crippen LogP contribution in [0.1, 0.15) is 17.2 Å². The number of ether oxygens (including phenoxy) is 1. The van der Waals surface area contributed by atoms with Crippen LogP contribution in [-0.2, 0) is 0 Å². The number of hydrogen-bond donors (Lipinski definition) is 1. The molecule has 0 bridgehead atoms. The van der Waals surface area contributed by atoms with Crippen LogP contribution in [-0.4, -0.2) is 7.11 Å². The van der Waals surface area contributed by atoms with E-state index in [-0.39, 0.29) is 5.82 Å². The lowest BCUT2D eigenvalue weighted by Crippen LogP contribution is -2.13. The van der Waals surface area contributed by atoms with Crippen molar-refractivity contribution < 1.29 is 9.13 Å². The van der Waals surface area contributed by atoms with Gasteiger partial charge < -0.3 is 10.5 Å². The van der Waals surface area contributed by atoms with Gasteiger partial charge >= 0.3 is 0 Å². The van der Waals surface area contributed by atoms with Crippen LogP contribution in [0.25, 0.3) is 0 Å². The van der Waals surface area contributed by atoms with Crippen LogP contribution < -0.4 is 10.5 Å². The zero-order valence-corrected chi connectivity index (χ0v) is 14.4. The maximum atomic E-state index is 13.6. The van der Waals surface area contributed by atoms with E-state index in [1.807, 2.05) is 0 Å². The summed E-state index contributed by atoms with van der Waals surface area (Å²) in [6.07, 6.45) is 0. The fourth-order valence-electron chi connectivity index (χ4n) is 1.91. The maximum absolute atomic E-state index is 13.6. The van der Waals surface area contributed by atoms with Crippen molar-refractivity contribution in [3.63, 3.8) is 0 Å². The van der Waals surface area contributed by atoms with Crippen LogP contribution in [0.3, 0.4) is 0 Å². The Hall–Kier alpha value is -0.620. The van der Waals surface area contributed by atoms with Gasteiger partial charge in [0.1, 0.15) is 11.6 Å². The van der Waals surface area contributed by atoms with Gasteiger partial charge in [0.25, 0.3) is 0 Å². The summed E-state index contributed by atoms with van der Waals surface area (Å²) in [5, 5.41) is 0.528. The van der Waals surface area contributed by atoms with Crippen LogP contribution in [0.2, 0.25) is 5.02 Å². The first-order valence-corrected chi connectivity index (χ1v) is 7.64. The molecule has 0 aromatic heterocycles. The van der Waals surface area contributed by atoms with Crippen molar-refractivity contribution >= 4 is 43.5 Å². The van der Waals surface area contributed by atoms with Gasteiger partial charge in [-0.3, -0.25) is 0 Å². The Balaban J connectivity index is 2.52. The second kappa shape index (κ2) is 6.43. The van der Waals surface area contributed by atoms with E-state index < -0.39 is 6.04 Å². The molecule has 0 saturated heterocycles. The molecule has 0 aliphatic rings. The molecule has 0 aliphatic heterocycles. The van der Waals surface area contributed by atoms with Gasteiger partial charge in [-0.15, -0.1) is 0 Å². The van der Waals surface area contributed by atoms with Gasteiger partial charge in [-0.05, 0) is 61.7 Å². The molecule has 0 saturated carbocycles. The second-order valence-corrected chi connectivity index (χ2v) is 6.31. The Morgan fingerprint density at radius 1 is 1.20 bits per heavy atom. The first-order chi connectivity index (χ1) is 9.43. The van der Waals surface area contributed by atoms with E-state index in [4.69, 9.17) is 22.1 Å². The lowest BCUT2D eigenvalue weighted by atomic mass is 9.98. The van der Waals surface area contributed by atoms with Gasteiger partial charge in [-0.25, -0.2) is 4.39 Å². The van der Waals surface area contributed by atoms with E-state index >= 15 is 0 Å². The van der Waals surface area contributed by atoms with Crippen molar-refractivity contribution in [2.45, 2.75) is 6.04 Å². The van der Waals surface area contributed by atoms with E-state index in [1.54, 1.807) is 31.4 Å². The lowest BCUT2D eigenvalue weighted by molar-refractivity contribution is 0.405. The molecule has 20 heavy (non-hydrogen) atoms. The van der Waals surface area contributed by atoms with E-state index in [0.717, 1.165) is 0 Å².